The second-order valence-corrected chi connectivity index (χ2v) is 21.2. The Morgan fingerprint density at radius 2 is 1.07 bits per heavy atom. The van der Waals surface area contributed by atoms with Gasteiger partial charge in [-0.15, -0.1) is 0 Å². The number of hydrogen-bond acceptors (Lipinski definition) is 16. The first-order chi connectivity index (χ1) is 40.7. The molecular weight excluding hydrogens is 1140 g/mol. The molecule has 0 aliphatic heterocycles. The molecule has 0 aliphatic rings. The third-order valence-electron chi connectivity index (χ3n) is 13.8. The number of aromatic nitrogens is 1. The van der Waals surface area contributed by atoms with Crippen molar-refractivity contribution in [2.75, 3.05) is 18.8 Å². The van der Waals surface area contributed by atoms with Crippen LogP contribution in [0.3, 0.4) is 0 Å². The van der Waals surface area contributed by atoms with Gasteiger partial charge in [-0.1, -0.05) is 68.8 Å². The van der Waals surface area contributed by atoms with E-state index in [0.717, 1.165) is 10.9 Å². The van der Waals surface area contributed by atoms with Crippen molar-refractivity contribution in [3.05, 3.63) is 71.9 Å². The summed E-state index contributed by atoms with van der Waals surface area (Å²) in [7, 11) is 0. The molecule has 11 atom stereocenters. The summed E-state index contributed by atoms with van der Waals surface area (Å²) in [5.74, 6) is -12.3. The standard InChI is InChI=1S/C56H83N15O14S/c1-6-29(2)46(56(85)67-37(18-12-13-23-57)51(80)65-38(19-21-43(59)72)52(81)66-39(20-22-45(74)75)53(82)68-40(47(60)76)24-33-14-8-7-9-15-33)71-44(73)27-62-49(78)31(4)63-54(83)41(25-34-26-61-36-17-11-10-16-35(34)36)69-50(79)32(5)64-55(84)42(28-86)70-48(77)30(3)58/h7-11,14-17,26,29-32,37-42,46,61,86H,6,12-13,18-25,27-28,57-58H2,1-5H3,(H2,59,72)(H2,60,76)(H,62,78)(H,63,83)(H,64,84)(H,65,80)(H,66,81)(H,67,85)(H,68,82)(H,69,79)(H,70,77)(H,71,73)(H,74,75)/t29?,30-,31-,32-,37-,38-,39-,40-,41-,42-,46-/m0/s1. The lowest BCUT2D eigenvalue weighted by atomic mass is 9.97. The molecule has 30 heteroatoms. The van der Waals surface area contributed by atoms with E-state index in [0.29, 0.717) is 24.0 Å². The van der Waals surface area contributed by atoms with E-state index in [9.17, 15) is 67.4 Å². The number of para-hydroxylation sites is 1. The van der Waals surface area contributed by atoms with Gasteiger partial charge in [-0.05, 0) is 82.5 Å². The molecule has 0 radical (unpaired) electrons. The molecule has 1 unspecified atom stereocenters. The van der Waals surface area contributed by atoms with Gasteiger partial charge in [0, 0.05) is 48.5 Å². The van der Waals surface area contributed by atoms with E-state index in [1.165, 1.54) is 20.8 Å². The zero-order valence-electron chi connectivity index (χ0n) is 48.8. The van der Waals surface area contributed by atoms with Gasteiger partial charge in [-0.3, -0.25) is 62.3 Å². The van der Waals surface area contributed by atoms with Crippen LogP contribution >= 0.6 is 12.6 Å². The number of carboxylic acids is 1. The Bertz CT molecular complexity index is 2860. The van der Waals surface area contributed by atoms with Crippen molar-refractivity contribution in [2.24, 2.45) is 28.9 Å². The number of rotatable bonds is 38. The number of fused-ring (bicyclic) bond motifs is 1. The van der Waals surface area contributed by atoms with Gasteiger partial charge in [-0.2, -0.15) is 12.6 Å². The smallest absolute Gasteiger partial charge is 0.303 e. The minimum Gasteiger partial charge on any atom is -0.481 e. The molecule has 2 aromatic carbocycles. The van der Waals surface area contributed by atoms with E-state index in [1.54, 1.807) is 68.6 Å². The number of carbonyl (C=O) groups is 13. The Labute approximate surface area is 503 Å². The fourth-order valence-electron chi connectivity index (χ4n) is 8.53. The number of primary amides is 2. The second kappa shape index (κ2) is 36.3. The highest BCUT2D eigenvalue weighted by atomic mass is 32.1. The molecular formula is C56H83N15O14S. The summed E-state index contributed by atoms with van der Waals surface area (Å²) in [5.41, 5.74) is 24.3. The molecule has 1 heterocycles. The van der Waals surface area contributed by atoms with Crippen molar-refractivity contribution in [1.82, 2.24) is 58.2 Å². The fraction of sp³-hybridized carbons (Fsp3) is 0.518. The lowest BCUT2D eigenvalue weighted by molar-refractivity contribution is -0.138. The molecule has 1 aromatic heterocycles. The first-order valence-electron chi connectivity index (χ1n) is 28.1. The molecule has 0 bridgehead atoms. The van der Waals surface area contributed by atoms with Gasteiger partial charge in [0.1, 0.15) is 54.4 Å². The third-order valence-corrected chi connectivity index (χ3v) is 14.2. The highest BCUT2D eigenvalue weighted by Gasteiger charge is 2.35. The topological polar surface area (TPSA) is 482 Å². The summed E-state index contributed by atoms with van der Waals surface area (Å²) in [4.78, 5) is 175. The first kappa shape index (κ1) is 71.6. The van der Waals surface area contributed by atoms with Gasteiger partial charge < -0.3 is 86.2 Å². The number of H-pyrrole nitrogens is 1. The van der Waals surface area contributed by atoms with Gasteiger partial charge in [-0.25, -0.2) is 0 Å². The number of nitrogens with two attached hydrogens (primary N) is 4. The van der Waals surface area contributed by atoms with Crippen LogP contribution in [-0.4, -0.2) is 166 Å². The molecule has 3 aromatic rings. The Kier molecular flexibility index (Phi) is 30.2. The van der Waals surface area contributed by atoms with Crippen LogP contribution < -0.4 is 76.1 Å². The monoisotopic (exact) mass is 1220 g/mol. The van der Waals surface area contributed by atoms with Crippen LogP contribution in [-0.2, 0) is 75.2 Å². The molecule has 12 amide bonds. The van der Waals surface area contributed by atoms with Gasteiger partial charge in [0.25, 0.3) is 0 Å². The third kappa shape index (κ3) is 24.1. The molecule has 29 nitrogen and oxygen atoms in total. The molecule has 472 valence electrons. The lowest BCUT2D eigenvalue weighted by Crippen LogP contribution is -2.60. The number of carboxylic acid groups (broad SMARTS) is 1. The first-order valence-corrected chi connectivity index (χ1v) is 28.8. The maximum absolute atomic E-state index is 14.2. The van der Waals surface area contributed by atoms with E-state index < -0.39 is 175 Å². The summed E-state index contributed by atoms with van der Waals surface area (Å²) in [6.07, 6.45) is 0.498. The molecule has 0 fully saturated rings. The molecule has 86 heavy (non-hydrogen) atoms. The predicted octanol–water partition coefficient (Wildman–Crippen LogP) is -3.46. The molecule has 3 rings (SSSR count). The van der Waals surface area contributed by atoms with Crippen molar-refractivity contribution >= 4 is 100 Å². The van der Waals surface area contributed by atoms with Crippen LogP contribution in [0.15, 0.2) is 60.8 Å². The Hall–Kier alpha value is -8.64. The van der Waals surface area contributed by atoms with Crippen molar-refractivity contribution in [1.29, 1.82) is 0 Å². The second-order valence-electron chi connectivity index (χ2n) is 20.8. The van der Waals surface area contributed by atoms with E-state index >= 15 is 0 Å². The summed E-state index contributed by atoms with van der Waals surface area (Å²) in [5, 5.41) is 35.3. The van der Waals surface area contributed by atoms with Crippen molar-refractivity contribution < 1.29 is 67.4 Å². The molecule has 0 saturated heterocycles. The van der Waals surface area contributed by atoms with Gasteiger partial charge in [0.15, 0.2) is 0 Å². The number of thiol groups is 1. The van der Waals surface area contributed by atoms with Gasteiger partial charge in [0.05, 0.1) is 12.6 Å². The number of aliphatic carboxylic acids is 1. The van der Waals surface area contributed by atoms with Crippen LogP contribution in [0, 0.1) is 5.92 Å². The number of benzene rings is 2. The average molecular weight is 1220 g/mol. The number of carbonyl (C=O) groups excluding carboxylic acids is 12. The Morgan fingerprint density at radius 1 is 0.558 bits per heavy atom. The fourth-order valence-corrected chi connectivity index (χ4v) is 8.79. The summed E-state index contributed by atoms with van der Waals surface area (Å²) in [6, 6.07) is 2.54. The van der Waals surface area contributed by atoms with Crippen LogP contribution in [0.5, 0.6) is 0 Å². The zero-order valence-corrected chi connectivity index (χ0v) is 49.7. The number of nitrogens with one attached hydrogen (secondary N) is 11. The number of hydrogen-bond donors (Lipinski definition) is 17. The molecule has 0 saturated carbocycles. The SMILES string of the molecule is CCC(C)[C@H](NC(=O)CNC(=O)[C@H](C)NC(=O)[C@H](Cc1c[nH]c2ccccc12)NC(=O)[C@H](C)NC(=O)[C@H](CS)NC(=O)[C@H](C)N)C(=O)N[C@@H](CCCCN)C(=O)N[C@@H](CCC(N)=O)C(=O)N[C@@H](CCC(=O)O)C(=O)N[C@@H](Cc1ccccc1)C(N)=O. The van der Waals surface area contributed by atoms with Crippen LogP contribution in [0.2, 0.25) is 0 Å². The predicted molar refractivity (Wildman–Crippen MR) is 318 cm³/mol. The van der Waals surface area contributed by atoms with Crippen molar-refractivity contribution in [2.45, 2.75) is 159 Å². The highest BCUT2D eigenvalue weighted by Crippen LogP contribution is 2.20. The highest BCUT2D eigenvalue weighted by molar-refractivity contribution is 7.80. The minimum atomic E-state index is -1.60. The average Bonchev–Trinajstić information content (AvgIpc) is 3.39. The van der Waals surface area contributed by atoms with E-state index in [4.69, 9.17) is 22.9 Å². The van der Waals surface area contributed by atoms with Crippen molar-refractivity contribution in [3.8, 4) is 0 Å². The zero-order chi connectivity index (χ0) is 64.2. The molecule has 0 spiro atoms. The normalized spacial score (nSPS) is 14.9. The quantitative estimate of drug-likeness (QED) is 0.0196. The van der Waals surface area contributed by atoms with E-state index in [-0.39, 0.29) is 38.0 Å². The minimum absolute atomic E-state index is 0.0402. The Morgan fingerprint density at radius 3 is 1.63 bits per heavy atom. The van der Waals surface area contributed by atoms with Gasteiger partial charge in [0.2, 0.25) is 70.9 Å². The molecule has 0 aliphatic carbocycles. The summed E-state index contributed by atoms with van der Waals surface area (Å²) >= 11 is 4.12. The lowest BCUT2D eigenvalue weighted by Gasteiger charge is -2.28. The summed E-state index contributed by atoms with van der Waals surface area (Å²) in [6.45, 7) is 6.97. The number of amides is 12. The number of aromatic amines is 1. The van der Waals surface area contributed by atoms with Crippen LogP contribution in [0.1, 0.15) is 97.1 Å². The van der Waals surface area contributed by atoms with Crippen LogP contribution in [0.25, 0.3) is 10.9 Å². The number of unbranched alkanes of at least 4 members (excludes halogenated alkanes) is 1. The molecule has 20 N–H and O–H groups in total. The maximum atomic E-state index is 14.2. The van der Waals surface area contributed by atoms with E-state index in [1.807, 2.05) is 6.07 Å². The van der Waals surface area contributed by atoms with Crippen LogP contribution in [0.4, 0.5) is 0 Å². The Balaban J connectivity index is 1.76. The van der Waals surface area contributed by atoms with Crippen molar-refractivity contribution in [3.63, 3.8) is 0 Å². The maximum Gasteiger partial charge on any atom is 0.303 e. The largest absolute Gasteiger partial charge is 0.481 e. The van der Waals surface area contributed by atoms with Gasteiger partial charge >= 0.3 is 5.97 Å². The van der Waals surface area contributed by atoms with E-state index in [2.05, 4.69) is 70.8 Å². The summed E-state index contributed by atoms with van der Waals surface area (Å²) < 4.78 is 0.